The molecule has 0 bridgehead atoms. The molecule has 2 amide bonds. The summed E-state index contributed by atoms with van der Waals surface area (Å²) in [6, 6.07) is 11.7. The fourth-order valence-electron chi connectivity index (χ4n) is 3.13. The molecule has 0 spiro atoms. The van der Waals surface area contributed by atoms with Crippen LogP contribution in [-0.2, 0) is 0 Å². The molecule has 0 unspecified atom stereocenters. The lowest BCUT2D eigenvalue weighted by Crippen LogP contribution is -2.37. The zero-order valence-corrected chi connectivity index (χ0v) is 16.3. The molecule has 0 aliphatic carbocycles. The number of hydrogen-bond acceptors (Lipinski definition) is 3. The minimum Gasteiger partial charge on any atom is -0.495 e. The van der Waals surface area contributed by atoms with E-state index in [1.54, 1.807) is 42.5 Å². The van der Waals surface area contributed by atoms with E-state index in [4.69, 9.17) is 16.3 Å². The van der Waals surface area contributed by atoms with E-state index in [0.717, 1.165) is 25.9 Å². The smallest absolute Gasteiger partial charge is 0.255 e. The number of benzene rings is 2. The molecule has 0 radical (unpaired) electrons. The van der Waals surface area contributed by atoms with Gasteiger partial charge in [-0.1, -0.05) is 18.5 Å². The van der Waals surface area contributed by atoms with Gasteiger partial charge in [-0.3, -0.25) is 9.59 Å². The highest BCUT2D eigenvalue weighted by molar-refractivity contribution is 6.31. The summed E-state index contributed by atoms with van der Waals surface area (Å²) in [5, 5.41) is 3.29. The van der Waals surface area contributed by atoms with Crippen LogP contribution in [-0.4, -0.2) is 36.9 Å². The van der Waals surface area contributed by atoms with E-state index in [0.29, 0.717) is 33.5 Å². The van der Waals surface area contributed by atoms with E-state index in [2.05, 4.69) is 12.2 Å². The highest BCUT2D eigenvalue weighted by atomic mass is 35.5. The lowest BCUT2D eigenvalue weighted by molar-refractivity contribution is 0.0697. The van der Waals surface area contributed by atoms with Crippen LogP contribution in [0, 0.1) is 5.92 Å². The first-order chi connectivity index (χ1) is 13.0. The average molecular weight is 387 g/mol. The van der Waals surface area contributed by atoms with E-state index in [1.165, 1.54) is 7.11 Å². The summed E-state index contributed by atoms with van der Waals surface area (Å²) < 4.78 is 5.24. The number of amides is 2. The van der Waals surface area contributed by atoms with Crippen LogP contribution < -0.4 is 10.1 Å². The second-order valence-electron chi connectivity index (χ2n) is 6.85. The quantitative estimate of drug-likeness (QED) is 0.843. The zero-order chi connectivity index (χ0) is 19.4. The van der Waals surface area contributed by atoms with Gasteiger partial charge in [0.05, 0.1) is 12.8 Å². The molecule has 3 rings (SSSR count). The SMILES string of the molecule is COc1ccc(Cl)cc1NC(=O)c1ccc(C(=O)N2CCC(C)CC2)cc1. The number of piperidine rings is 1. The monoisotopic (exact) mass is 386 g/mol. The fourth-order valence-corrected chi connectivity index (χ4v) is 3.30. The van der Waals surface area contributed by atoms with Crippen LogP contribution in [0.25, 0.3) is 0 Å². The Morgan fingerprint density at radius 3 is 2.33 bits per heavy atom. The molecule has 1 aliphatic rings. The molecule has 1 heterocycles. The van der Waals surface area contributed by atoms with Gasteiger partial charge in [0, 0.05) is 29.2 Å². The van der Waals surface area contributed by atoms with Crippen LogP contribution >= 0.6 is 11.6 Å². The standard InChI is InChI=1S/C21H23ClN2O3/c1-14-9-11-24(12-10-14)21(26)16-5-3-15(4-6-16)20(25)23-18-13-17(22)7-8-19(18)27-2/h3-8,13-14H,9-12H2,1-2H3,(H,23,25). The van der Waals surface area contributed by atoms with Crippen molar-refractivity contribution in [3.8, 4) is 5.75 Å². The maximum atomic E-state index is 12.6. The Balaban J connectivity index is 1.69. The number of carbonyl (C=O) groups excluding carboxylic acids is 2. The van der Waals surface area contributed by atoms with Crippen LogP contribution in [0.15, 0.2) is 42.5 Å². The fraction of sp³-hybridized carbons (Fsp3) is 0.333. The molecule has 1 aliphatic heterocycles. The Morgan fingerprint density at radius 1 is 1.07 bits per heavy atom. The summed E-state index contributed by atoms with van der Waals surface area (Å²) >= 11 is 5.99. The van der Waals surface area contributed by atoms with Crippen molar-refractivity contribution < 1.29 is 14.3 Å². The molecule has 0 saturated carbocycles. The first kappa shape index (κ1) is 19.2. The number of halogens is 1. The summed E-state index contributed by atoms with van der Waals surface area (Å²) in [5.41, 5.74) is 1.56. The van der Waals surface area contributed by atoms with Crippen molar-refractivity contribution in [3.05, 3.63) is 58.6 Å². The topological polar surface area (TPSA) is 58.6 Å². The van der Waals surface area contributed by atoms with Crippen molar-refractivity contribution in [2.75, 3.05) is 25.5 Å². The molecule has 1 saturated heterocycles. The molecule has 0 aromatic heterocycles. The molecule has 5 nitrogen and oxygen atoms in total. The number of anilines is 1. The first-order valence-corrected chi connectivity index (χ1v) is 9.40. The van der Waals surface area contributed by atoms with Gasteiger partial charge in [0.2, 0.25) is 0 Å². The predicted molar refractivity (Wildman–Crippen MR) is 107 cm³/mol. The number of ether oxygens (including phenoxy) is 1. The number of carbonyl (C=O) groups is 2. The lowest BCUT2D eigenvalue weighted by Gasteiger charge is -2.30. The molecule has 1 N–H and O–H groups in total. The minimum absolute atomic E-state index is 0.0189. The largest absolute Gasteiger partial charge is 0.495 e. The van der Waals surface area contributed by atoms with Crippen molar-refractivity contribution in [1.82, 2.24) is 4.90 Å². The molecule has 2 aromatic carbocycles. The van der Waals surface area contributed by atoms with Gasteiger partial charge in [0.15, 0.2) is 0 Å². The lowest BCUT2D eigenvalue weighted by atomic mass is 9.98. The van der Waals surface area contributed by atoms with Crippen LogP contribution in [0.4, 0.5) is 5.69 Å². The van der Waals surface area contributed by atoms with E-state index in [9.17, 15) is 9.59 Å². The van der Waals surface area contributed by atoms with Gasteiger partial charge in [0.25, 0.3) is 11.8 Å². The molecule has 0 atom stereocenters. The number of nitrogens with zero attached hydrogens (tertiary/aromatic N) is 1. The maximum Gasteiger partial charge on any atom is 0.255 e. The van der Waals surface area contributed by atoms with Crippen molar-refractivity contribution in [1.29, 1.82) is 0 Å². The highest BCUT2D eigenvalue weighted by Gasteiger charge is 2.21. The Kier molecular flexibility index (Phi) is 6.01. The van der Waals surface area contributed by atoms with E-state index in [-0.39, 0.29) is 11.8 Å². The van der Waals surface area contributed by atoms with E-state index in [1.807, 2.05) is 4.90 Å². The van der Waals surface area contributed by atoms with Gasteiger partial charge in [0.1, 0.15) is 5.75 Å². The van der Waals surface area contributed by atoms with Gasteiger partial charge in [-0.2, -0.15) is 0 Å². The second-order valence-corrected chi connectivity index (χ2v) is 7.29. The molecular formula is C21H23ClN2O3. The van der Waals surface area contributed by atoms with Crippen molar-refractivity contribution >= 4 is 29.1 Å². The third-order valence-electron chi connectivity index (χ3n) is 4.87. The zero-order valence-electron chi connectivity index (χ0n) is 15.5. The average Bonchev–Trinajstić information content (AvgIpc) is 2.68. The van der Waals surface area contributed by atoms with Crippen LogP contribution in [0.2, 0.25) is 5.02 Å². The molecular weight excluding hydrogens is 364 g/mol. The summed E-state index contributed by atoms with van der Waals surface area (Å²) in [5.74, 6) is 0.925. The summed E-state index contributed by atoms with van der Waals surface area (Å²) in [6.45, 7) is 3.79. The molecule has 142 valence electrons. The van der Waals surface area contributed by atoms with Crippen LogP contribution in [0.5, 0.6) is 5.75 Å². The summed E-state index contributed by atoms with van der Waals surface area (Å²) in [6.07, 6.45) is 2.07. The van der Waals surface area contributed by atoms with Gasteiger partial charge in [-0.15, -0.1) is 0 Å². The van der Waals surface area contributed by atoms with Crippen LogP contribution in [0.1, 0.15) is 40.5 Å². The van der Waals surface area contributed by atoms with Gasteiger partial charge in [-0.25, -0.2) is 0 Å². The minimum atomic E-state index is -0.290. The molecule has 1 fully saturated rings. The Hall–Kier alpha value is -2.53. The van der Waals surface area contributed by atoms with Crippen LogP contribution in [0.3, 0.4) is 0 Å². The van der Waals surface area contributed by atoms with E-state index < -0.39 is 0 Å². The molecule has 2 aromatic rings. The first-order valence-electron chi connectivity index (χ1n) is 9.02. The summed E-state index contributed by atoms with van der Waals surface area (Å²) in [4.78, 5) is 27.0. The third kappa shape index (κ3) is 4.61. The number of likely N-dealkylation sites (tertiary alicyclic amines) is 1. The van der Waals surface area contributed by atoms with Gasteiger partial charge in [-0.05, 0) is 61.2 Å². The van der Waals surface area contributed by atoms with Crippen molar-refractivity contribution in [2.45, 2.75) is 19.8 Å². The molecule has 27 heavy (non-hydrogen) atoms. The number of methoxy groups -OCH3 is 1. The second kappa shape index (κ2) is 8.44. The van der Waals surface area contributed by atoms with E-state index >= 15 is 0 Å². The third-order valence-corrected chi connectivity index (χ3v) is 5.11. The van der Waals surface area contributed by atoms with Gasteiger partial charge >= 0.3 is 0 Å². The number of rotatable bonds is 4. The number of hydrogen-bond donors (Lipinski definition) is 1. The highest BCUT2D eigenvalue weighted by Crippen LogP contribution is 2.28. The maximum absolute atomic E-state index is 12.6. The van der Waals surface area contributed by atoms with Crippen molar-refractivity contribution in [2.24, 2.45) is 5.92 Å². The predicted octanol–water partition coefficient (Wildman–Crippen LogP) is 4.47. The Bertz CT molecular complexity index is 828. The Labute approximate surface area is 164 Å². The molecule has 6 heteroatoms. The summed E-state index contributed by atoms with van der Waals surface area (Å²) in [7, 11) is 1.53. The van der Waals surface area contributed by atoms with Crippen molar-refractivity contribution in [3.63, 3.8) is 0 Å². The number of nitrogens with one attached hydrogen (secondary N) is 1. The van der Waals surface area contributed by atoms with Gasteiger partial charge < -0.3 is 15.0 Å². The Morgan fingerprint density at radius 2 is 1.70 bits per heavy atom. The normalized spacial score (nSPS) is 14.7.